The molecule has 9 heteroatoms. The van der Waals surface area contributed by atoms with Crippen molar-refractivity contribution < 1.29 is 28.7 Å². The van der Waals surface area contributed by atoms with E-state index in [1.165, 1.54) is 6.92 Å². The summed E-state index contributed by atoms with van der Waals surface area (Å²) < 4.78 is 10.5. The normalized spacial score (nSPS) is 21.6. The van der Waals surface area contributed by atoms with E-state index in [2.05, 4.69) is 16.0 Å². The standard InChI is InChI=1S/C18H29N3O6/c1-10(22)26-14(16(24)20-12-5-6-12)13(9-11-7-8-19-15(11)23)21-17(25)27-18(2,3)4/h11-14H,5-9H2,1-4H3,(H,19,23)(H,20,24)(H,21,25)/t11-,13-,14?/m0/s1. The van der Waals surface area contributed by atoms with Gasteiger partial charge in [0.1, 0.15) is 5.60 Å². The largest absolute Gasteiger partial charge is 0.450 e. The smallest absolute Gasteiger partial charge is 0.408 e. The van der Waals surface area contributed by atoms with Crippen LogP contribution in [0.15, 0.2) is 0 Å². The fraction of sp³-hybridized carbons (Fsp3) is 0.778. The molecule has 1 saturated carbocycles. The van der Waals surface area contributed by atoms with Gasteiger partial charge in [-0.1, -0.05) is 0 Å². The van der Waals surface area contributed by atoms with Crippen LogP contribution >= 0.6 is 0 Å². The van der Waals surface area contributed by atoms with Crippen LogP contribution in [0, 0.1) is 5.92 Å². The van der Waals surface area contributed by atoms with Crippen LogP contribution in [0.5, 0.6) is 0 Å². The number of nitrogens with one attached hydrogen (secondary N) is 3. The Morgan fingerprint density at radius 2 is 1.89 bits per heavy atom. The molecule has 3 N–H and O–H groups in total. The second-order valence-corrected chi connectivity index (χ2v) is 8.08. The van der Waals surface area contributed by atoms with Gasteiger partial charge >= 0.3 is 12.1 Å². The van der Waals surface area contributed by atoms with Gasteiger partial charge in [-0.25, -0.2) is 4.79 Å². The fourth-order valence-corrected chi connectivity index (χ4v) is 2.90. The zero-order chi connectivity index (χ0) is 20.2. The number of carbonyl (C=O) groups excluding carboxylic acids is 4. The monoisotopic (exact) mass is 383 g/mol. The maximum atomic E-state index is 12.6. The fourth-order valence-electron chi connectivity index (χ4n) is 2.90. The van der Waals surface area contributed by atoms with Crippen LogP contribution in [0.1, 0.15) is 53.4 Å². The van der Waals surface area contributed by atoms with Crippen molar-refractivity contribution in [3.8, 4) is 0 Å². The molecule has 1 unspecified atom stereocenters. The second kappa shape index (κ2) is 8.58. The van der Waals surface area contributed by atoms with Crippen LogP contribution in [0.3, 0.4) is 0 Å². The molecular weight excluding hydrogens is 354 g/mol. The highest BCUT2D eigenvalue weighted by Gasteiger charge is 2.39. The molecular formula is C18H29N3O6. The summed E-state index contributed by atoms with van der Waals surface area (Å²) in [5, 5.41) is 8.14. The molecule has 3 amide bonds. The number of alkyl carbamates (subject to hydrolysis) is 1. The Hall–Kier alpha value is -2.32. The van der Waals surface area contributed by atoms with Gasteiger partial charge in [0.05, 0.1) is 6.04 Å². The van der Waals surface area contributed by atoms with E-state index in [0.717, 1.165) is 12.8 Å². The lowest BCUT2D eigenvalue weighted by atomic mass is 9.94. The first-order valence-electron chi connectivity index (χ1n) is 9.30. The number of amides is 3. The third kappa shape index (κ3) is 7.07. The highest BCUT2D eigenvalue weighted by molar-refractivity contribution is 5.86. The van der Waals surface area contributed by atoms with Crippen LogP contribution in [-0.2, 0) is 23.9 Å². The summed E-state index contributed by atoms with van der Waals surface area (Å²) in [4.78, 5) is 48.4. The minimum Gasteiger partial charge on any atom is -0.450 e. The van der Waals surface area contributed by atoms with Gasteiger partial charge in [0, 0.05) is 25.4 Å². The van der Waals surface area contributed by atoms with E-state index < -0.39 is 35.7 Å². The SMILES string of the molecule is CC(=O)OC(C(=O)NC1CC1)[C@H](C[C@@H]1CCNC1=O)NC(=O)OC(C)(C)C. The molecule has 27 heavy (non-hydrogen) atoms. The molecule has 2 fully saturated rings. The number of hydrogen-bond donors (Lipinski definition) is 3. The first-order chi connectivity index (χ1) is 12.5. The van der Waals surface area contributed by atoms with Crippen molar-refractivity contribution in [1.82, 2.24) is 16.0 Å². The Morgan fingerprint density at radius 3 is 2.37 bits per heavy atom. The van der Waals surface area contributed by atoms with Crippen molar-refractivity contribution in [1.29, 1.82) is 0 Å². The summed E-state index contributed by atoms with van der Waals surface area (Å²) in [6.07, 6.45) is 0.525. The summed E-state index contributed by atoms with van der Waals surface area (Å²) >= 11 is 0. The minimum absolute atomic E-state index is 0.0625. The molecule has 0 radical (unpaired) electrons. The van der Waals surface area contributed by atoms with Crippen LogP contribution in [0.2, 0.25) is 0 Å². The van der Waals surface area contributed by atoms with Gasteiger partial charge in [0.2, 0.25) is 5.91 Å². The molecule has 3 atom stereocenters. The number of rotatable bonds is 7. The maximum absolute atomic E-state index is 12.6. The van der Waals surface area contributed by atoms with E-state index >= 15 is 0 Å². The lowest BCUT2D eigenvalue weighted by molar-refractivity contribution is -0.156. The van der Waals surface area contributed by atoms with Gasteiger partial charge in [-0.05, 0) is 46.5 Å². The van der Waals surface area contributed by atoms with Crippen molar-refractivity contribution in [2.24, 2.45) is 5.92 Å². The summed E-state index contributed by atoms with van der Waals surface area (Å²) in [7, 11) is 0. The first kappa shape index (κ1) is 21.0. The van der Waals surface area contributed by atoms with Gasteiger partial charge < -0.3 is 25.4 Å². The van der Waals surface area contributed by atoms with Crippen LogP contribution in [0.4, 0.5) is 4.79 Å². The zero-order valence-corrected chi connectivity index (χ0v) is 16.3. The first-order valence-corrected chi connectivity index (χ1v) is 9.30. The predicted octanol–water partition coefficient (Wildman–Crippen LogP) is 0.616. The zero-order valence-electron chi connectivity index (χ0n) is 16.3. The summed E-state index contributed by atoms with van der Waals surface area (Å²) in [6, 6.07) is -0.816. The van der Waals surface area contributed by atoms with E-state index in [0.29, 0.717) is 13.0 Å². The maximum Gasteiger partial charge on any atom is 0.408 e. The van der Waals surface area contributed by atoms with Crippen molar-refractivity contribution in [2.75, 3.05) is 6.54 Å². The van der Waals surface area contributed by atoms with Crippen molar-refractivity contribution in [3.05, 3.63) is 0 Å². The van der Waals surface area contributed by atoms with Gasteiger partial charge in [-0.2, -0.15) is 0 Å². The molecule has 2 rings (SSSR count). The summed E-state index contributed by atoms with van der Waals surface area (Å²) in [5.41, 5.74) is -0.730. The van der Waals surface area contributed by atoms with Crippen LogP contribution < -0.4 is 16.0 Å². The minimum atomic E-state index is -1.23. The Balaban J connectivity index is 2.16. The molecule has 0 aromatic rings. The number of carbonyl (C=O) groups is 4. The molecule has 1 aliphatic carbocycles. The van der Waals surface area contributed by atoms with Crippen LogP contribution in [-0.4, -0.2) is 54.2 Å². The van der Waals surface area contributed by atoms with E-state index in [1.54, 1.807) is 20.8 Å². The Bertz CT molecular complexity index is 596. The van der Waals surface area contributed by atoms with Crippen molar-refractivity contribution in [3.63, 3.8) is 0 Å². The third-order valence-electron chi connectivity index (χ3n) is 4.24. The Morgan fingerprint density at radius 1 is 1.22 bits per heavy atom. The molecule has 0 spiro atoms. The highest BCUT2D eigenvalue weighted by atomic mass is 16.6. The molecule has 1 saturated heterocycles. The van der Waals surface area contributed by atoms with Gasteiger partial charge in [-0.3, -0.25) is 14.4 Å². The van der Waals surface area contributed by atoms with Gasteiger partial charge in [-0.15, -0.1) is 0 Å². The van der Waals surface area contributed by atoms with Crippen molar-refractivity contribution in [2.45, 2.75) is 77.2 Å². The Labute approximate surface area is 158 Å². The lowest BCUT2D eigenvalue weighted by Gasteiger charge is -2.29. The average Bonchev–Trinajstić information content (AvgIpc) is 3.23. The molecule has 0 bridgehead atoms. The number of ether oxygens (including phenoxy) is 2. The van der Waals surface area contributed by atoms with E-state index in [4.69, 9.17) is 9.47 Å². The molecule has 152 valence electrons. The third-order valence-corrected chi connectivity index (χ3v) is 4.24. The van der Waals surface area contributed by atoms with Crippen molar-refractivity contribution >= 4 is 23.9 Å². The second-order valence-electron chi connectivity index (χ2n) is 8.08. The van der Waals surface area contributed by atoms with E-state index in [9.17, 15) is 19.2 Å². The predicted molar refractivity (Wildman–Crippen MR) is 95.6 cm³/mol. The molecule has 1 heterocycles. The topological polar surface area (TPSA) is 123 Å². The Kier molecular flexibility index (Phi) is 6.67. The lowest BCUT2D eigenvalue weighted by Crippen LogP contribution is -2.54. The summed E-state index contributed by atoms with van der Waals surface area (Å²) in [5.74, 6) is -1.64. The van der Waals surface area contributed by atoms with E-state index in [-0.39, 0.29) is 24.3 Å². The van der Waals surface area contributed by atoms with Gasteiger partial charge in [0.25, 0.3) is 5.91 Å². The molecule has 0 aromatic heterocycles. The highest BCUT2D eigenvalue weighted by Crippen LogP contribution is 2.22. The van der Waals surface area contributed by atoms with E-state index in [1.807, 2.05) is 0 Å². The molecule has 2 aliphatic rings. The van der Waals surface area contributed by atoms with Gasteiger partial charge in [0.15, 0.2) is 6.10 Å². The number of esters is 1. The summed E-state index contributed by atoms with van der Waals surface area (Å²) in [6.45, 7) is 6.89. The quantitative estimate of drug-likeness (QED) is 0.554. The molecule has 1 aliphatic heterocycles. The molecule has 9 nitrogen and oxygen atoms in total. The van der Waals surface area contributed by atoms with Crippen LogP contribution in [0.25, 0.3) is 0 Å². The average molecular weight is 383 g/mol. The number of hydrogen-bond acceptors (Lipinski definition) is 6. The molecule has 0 aromatic carbocycles.